The van der Waals surface area contributed by atoms with Crippen molar-refractivity contribution in [3.05, 3.63) is 23.3 Å². The molecule has 0 aliphatic rings. The number of aryl methyl sites for hydroxylation is 1. The average molecular weight is 181 g/mol. The predicted octanol–water partition coefficient (Wildman–Crippen LogP) is 2.01. The van der Waals surface area contributed by atoms with E-state index in [4.69, 9.17) is 11.0 Å². The molecule has 1 aromatic heterocycles. The van der Waals surface area contributed by atoms with Crippen LogP contribution in [-0.4, -0.2) is 4.98 Å². The molecule has 0 aliphatic carbocycles. The van der Waals surface area contributed by atoms with Gasteiger partial charge in [0.25, 0.3) is 0 Å². The predicted molar refractivity (Wildman–Crippen MR) is 49.4 cm³/mol. The maximum atomic E-state index is 12.6. The number of hydrogen-bond acceptors (Lipinski definition) is 3. The number of rotatable bonds is 0. The van der Waals surface area contributed by atoms with Gasteiger partial charge in [0.15, 0.2) is 0 Å². The molecule has 3 nitrogen and oxygen atoms in total. The maximum Gasteiger partial charge on any atom is 0.237 e. The minimum absolute atomic E-state index is 0.00370. The molecule has 0 unspecified atom stereocenters. The second-order valence-electron chi connectivity index (χ2n) is 2.14. The summed E-state index contributed by atoms with van der Waals surface area (Å²) in [7, 11) is 0. The number of aromatic nitrogens is 1. The van der Waals surface area contributed by atoms with Gasteiger partial charge < -0.3 is 5.73 Å². The van der Waals surface area contributed by atoms with Crippen molar-refractivity contribution in [1.82, 2.24) is 4.98 Å². The van der Waals surface area contributed by atoms with Crippen molar-refractivity contribution in [3.63, 3.8) is 0 Å². The second kappa shape index (κ2) is 5.09. The van der Waals surface area contributed by atoms with Crippen LogP contribution in [-0.2, 0) is 0 Å². The normalized spacial score (nSPS) is 8.23. The molecule has 0 saturated heterocycles. The van der Waals surface area contributed by atoms with Gasteiger partial charge in [0.1, 0.15) is 11.8 Å². The van der Waals surface area contributed by atoms with Crippen molar-refractivity contribution in [2.24, 2.45) is 0 Å². The molecule has 0 radical (unpaired) electrons. The van der Waals surface area contributed by atoms with E-state index in [0.29, 0.717) is 5.56 Å². The van der Waals surface area contributed by atoms with Gasteiger partial charge in [-0.05, 0) is 18.6 Å². The van der Waals surface area contributed by atoms with Gasteiger partial charge in [-0.25, -0.2) is 4.98 Å². The molecular formula is C9H12FN3. The molecule has 0 fully saturated rings. The number of nitrogen functional groups attached to an aromatic ring is 1. The van der Waals surface area contributed by atoms with Crippen molar-refractivity contribution >= 4 is 5.69 Å². The summed E-state index contributed by atoms with van der Waals surface area (Å²) in [5.74, 6) is -0.776. The van der Waals surface area contributed by atoms with E-state index >= 15 is 0 Å². The number of nitriles is 1. The number of pyridine rings is 1. The van der Waals surface area contributed by atoms with Gasteiger partial charge in [0.2, 0.25) is 5.95 Å². The lowest BCUT2D eigenvalue weighted by molar-refractivity contribution is 0.586. The van der Waals surface area contributed by atoms with Crippen LogP contribution in [0.2, 0.25) is 0 Å². The van der Waals surface area contributed by atoms with Crippen molar-refractivity contribution in [3.8, 4) is 6.07 Å². The third-order valence-electron chi connectivity index (χ3n) is 1.33. The summed E-state index contributed by atoms with van der Waals surface area (Å²) in [5, 5.41) is 8.36. The zero-order valence-electron chi connectivity index (χ0n) is 7.93. The molecule has 0 spiro atoms. The highest BCUT2D eigenvalue weighted by Gasteiger charge is 2.04. The van der Waals surface area contributed by atoms with Crippen LogP contribution in [0, 0.1) is 24.2 Å². The highest BCUT2D eigenvalue weighted by molar-refractivity contribution is 5.47. The van der Waals surface area contributed by atoms with Crippen molar-refractivity contribution in [2.75, 3.05) is 5.73 Å². The van der Waals surface area contributed by atoms with E-state index in [-0.39, 0.29) is 11.4 Å². The van der Waals surface area contributed by atoms with Gasteiger partial charge in [-0.3, -0.25) is 0 Å². The number of nitrogens with two attached hydrogens (primary N) is 1. The van der Waals surface area contributed by atoms with Crippen LogP contribution in [0.4, 0.5) is 10.1 Å². The zero-order chi connectivity index (χ0) is 10.4. The Morgan fingerprint density at radius 3 is 2.46 bits per heavy atom. The van der Waals surface area contributed by atoms with Gasteiger partial charge in [-0.2, -0.15) is 9.65 Å². The quantitative estimate of drug-likeness (QED) is 0.622. The zero-order valence-corrected chi connectivity index (χ0v) is 7.93. The molecule has 0 atom stereocenters. The first kappa shape index (κ1) is 11.4. The molecule has 1 heterocycles. The summed E-state index contributed by atoms with van der Waals surface area (Å²) < 4.78 is 12.6. The van der Waals surface area contributed by atoms with E-state index in [1.165, 1.54) is 6.07 Å². The molecule has 0 amide bonds. The Balaban J connectivity index is 0.000000671. The first-order chi connectivity index (χ1) is 6.15. The van der Waals surface area contributed by atoms with Crippen LogP contribution in [0.3, 0.4) is 0 Å². The first-order valence-corrected chi connectivity index (χ1v) is 3.98. The molecular weight excluding hydrogens is 169 g/mol. The number of halogens is 1. The Labute approximate surface area is 77.0 Å². The van der Waals surface area contributed by atoms with Crippen LogP contribution >= 0.6 is 0 Å². The van der Waals surface area contributed by atoms with Gasteiger partial charge in [-0.15, -0.1) is 0 Å². The number of nitrogens with zero attached hydrogens (tertiary/aromatic N) is 2. The maximum absolute atomic E-state index is 12.6. The van der Waals surface area contributed by atoms with Gasteiger partial charge in [-0.1, -0.05) is 13.8 Å². The fourth-order valence-corrected chi connectivity index (χ4v) is 0.701. The lowest BCUT2D eigenvalue weighted by Gasteiger charge is -1.99. The Morgan fingerprint density at radius 1 is 1.54 bits per heavy atom. The lowest BCUT2D eigenvalue weighted by atomic mass is 10.2. The number of anilines is 1. The second-order valence-corrected chi connectivity index (χ2v) is 2.14. The third kappa shape index (κ3) is 2.71. The van der Waals surface area contributed by atoms with Crippen LogP contribution in [0.1, 0.15) is 25.1 Å². The lowest BCUT2D eigenvalue weighted by Crippen LogP contribution is -1.99. The summed E-state index contributed by atoms with van der Waals surface area (Å²) in [6.07, 6.45) is 0. The van der Waals surface area contributed by atoms with E-state index in [1.807, 2.05) is 13.8 Å². The van der Waals surface area contributed by atoms with Crippen LogP contribution in [0.15, 0.2) is 6.07 Å². The van der Waals surface area contributed by atoms with E-state index < -0.39 is 5.95 Å². The van der Waals surface area contributed by atoms with E-state index in [1.54, 1.807) is 13.0 Å². The monoisotopic (exact) mass is 181 g/mol. The standard InChI is InChI=1S/C7H6FN3.C2H6/c1-4-2-5(3-9)11-7(8)6(4)10;1-2/h2H,10H2,1H3;1-2H3. The van der Waals surface area contributed by atoms with E-state index in [0.717, 1.165) is 0 Å². The topological polar surface area (TPSA) is 62.7 Å². The van der Waals surface area contributed by atoms with Crippen LogP contribution in [0.25, 0.3) is 0 Å². The van der Waals surface area contributed by atoms with Crippen molar-refractivity contribution in [2.45, 2.75) is 20.8 Å². The Kier molecular flexibility index (Phi) is 4.45. The summed E-state index contributed by atoms with van der Waals surface area (Å²) in [4.78, 5) is 3.30. The molecule has 1 rings (SSSR count). The Hall–Kier alpha value is -1.63. The van der Waals surface area contributed by atoms with E-state index in [2.05, 4.69) is 4.98 Å². The van der Waals surface area contributed by atoms with E-state index in [9.17, 15) is 4.39 Å². The summed E-state index contributed by atoms with van der Waals surface area (Å²) >= 11 is 0. The van der Waals surface area contributed by atoms with Gasteiger partial charge in [0, 0.05) is 0 Å². The first-order valence-electron chi connectivity index (χ1n) is 3.98. The summed E-state index contributed by atoms with van der Waals surface area (Å²) in [6.45, 7) is 5.63. The molecule has 70 valence electrons. The minimum Gasteiger partial charge on any atom is -0.395 e. The molecule has 0 bridgehead atoms. The summed E-state index contributed by atoms with van der Waals surface area (Å²) in [6, 6.07) is 3.17. The molecule has 1 aromatic rings. The van der Waals surface area contributed by atoms with Crippen LogP contribution < -0.4 is 5.73 Å². The molecule has 0 aromatic carbocycles. The highest BCUT2D eigenvalue weighted by atomic mass is 19.1. The molecule has 13 heavy (non-hydrogen) atoms. The molecule has 4 heteroatoms. The fraction of sp³-hybridized carbons (Fsp3) is 0.333. The molecule has 2 N–H and O–H groups in total. The van der Waals surface area contributed by atoms with Gasteiger partial charge in [0.05, 0.1) is 5.69 Å². The number of hydrogen-bond donors (Lipinski definition) is 1. The van der Waals surface area contributed by atoms with Crippen molar-refractivity contribution in [1.29, 1.82) is 5.26 Å². The van der Waals surface area contributed by atoms with Crippen molar-refractivity contribution < 1.29 is 4.39 Å². The minimum atomic E-state index is -0.776. The largest absolute Gasteiger partial charge is 0.395 e. The smallest absolute Gasteiger partial charge is 0.237 e. The highest BCUT2D eigenvalue weighted by Crippen LogP contribution is 2.13. The van der Waals surface area contributed by atoms with Crippen LogP contribution in [0.5, 0.6) is 0 Å². The fourth-order valence-electron chi connectivity index (χ4n) is 0.701. The Bertz CT molecular complexity index is 305. The third-order valence-corrected chi connectivity index (χ3v) is 1.33. The SMILES string of the molecule is CC.Cc1cc(C#N)nc(F)c1N. The molecule has 0 aliphatic heterocycles. The average Bonchev–Trinajstić information content (AvgIpc) is 2.16. The molecule has 0 saturated carbocycles. The van der Waals surface area contributed by atoms with Gasteiger partial charge >= 0.3 is 0 Å². The summed E-state index contributed by atoms with van der Waals surface area (Å²) in [5.41, 5.74) is 5.85. The Morgan fingerprint density at radius 2 is 2.08 bits per heavy atom.